The SMILES string of the molecule is CCN(CC)c1ccc(/C=N\NC(=O)c2cc(-c3ccccc3)nc3ccccc23)c(O)c1. The smallest absolute Gasteiger partial charge is 0.272 e. The molecule has 2 N–H and O–H groups in total. The molecule has 0 aliphatic carbocycles. The van der Waals surface area contributed by atoms with Crippen LogP contribution in [0.3, 0.4) is 0 Å². The minimum absolute atomic E-state index is 0.109. The number of benzene rings is 3. The van der Waals surface area contributed by atoms with Gasteiger partial charge in [0.1, 0.15) is 5.75 Å². The van der Waals surface area contributed by atoms with E-state index in [-0.39, 0.29) is 11.7 Å². The number of carbonyl (C=O) groups is 1. The topological polar surface area (TPSA) is 77.8 Å². The van der Waals surface area contributed by atoms with Gasteiger partial charge in [0.15, 0.2) is 0 Å². The van der Waals surface area contributed by atoms with E-state index in [1.807, 2.05) is 60.7 Å². The molecule has 0 radical (unpaired) electrons. The van der Waals surface area contributed by atoms with Crippen LogP contribution in [0, 0.1) is 0 Å². The van der Waals surface area contributed by atoms with Crippen molar-refractivity contribution in [3.63, 3.8) is 0 Å². The molecule has 3 aromatic carbocycles. The van der Waals surface area contributed by atoms with Crippen molar-refractivity contribution in [3.05, 3.63) is 90.0 Å². The number of phenols is 1. The van der Waals surface area contributed by atoms with Crippen molar-refractivity contribution >= 4 is 28.7 Å². The zero-order valence-electron chi connectivity index (χ0n) is 18.7. The lowest BCUT2D eigenvalue weighted by Crippen LogP contribution is -2.21. The van der Waals surface area contributed by atoms with Gasteiger partial charge in [-0.1, -0.05) is 48.5 Å². The number of nitrogens with one attached hydrogen (secondary N) is 1. The van der Waals surface area contributed by atoms with Crippen molar-refractivity contribution in [3.8, 4) is 17.0 Å². The Kier molecular flexibility index (Phi) is 6.64. The molecular weight excluding hydrogens is 412 g/mol. The zero-order chi connectivity index (χ0) is 23.2. The van der Waals surface area contributed by atoms with E-state index in [0.29, 0.717) is 16.8 Å². The highest BCUT2D eigenvalue weighted by atomic mass is 16.3. The highest BCUT2D eigenvalue weighted by molar-refractivity contribution is 6.07. The van der Waals surface area contributed by atoms with Crippen LogP contribution in [0.5, 0.6) is 5.75 Å². The highest BCUT2D eigenvalue weighted by Gasteiger charge is 2.13. The van der Waals surface area contributed by atoms with E-state index in [2.05, 4.69) is 29.3 Å². The minimum atomic E-state index is -0.346. The summed E-state index contributed by atoms with van der Waals surface area (Å²) in [5.74, 6) is -0.237. The molecule has 0 aliphatic heterocycles. The average Bonchev–Trinajstić information content (AvgIpc) is 2.85. The summed E-state index contributed by atoms with van der Waals surface area (Å²) in [6, 6.07) is 24.5. The van der Waals surface area contributed by atoms with Gasteiger partial charge in [-0.2, -0.15) is 5.10 Å². The number of hydrogen-bond donors (Lipinski definition) is 2. The van der Waals surface area contributed by atoms with E-state index in [1.165, 1.54) is 6.21 Å². The van der Waals surface area contributed by atoms with E-state index in [0.717, 1.165) is 35.2 Å². The second-order valence-electron chi connectivity index (χ2n) is 7.55. The Morgan fingerprint density at radius 2 is 1.73 bits per heavy atom. The molecule has 6 heteroatoms. The number of fused-ring (bicyclic) bond motifs is 1. The number of nitrogens with zero attached hydrogens (tertiary/aromatic N) is 3. The fourth-order valence-corrected chi connectivity index (χ4v) is 3.77. The Morgan fingerprint density at radius 3 is 2.45 bits per heavy atom. The molecule has 1 amide bonds. The zero-order valence-corrected chi connectivity index (χ0v) is 18.7. The van der Waals surface area contributed by atoms with Crippen LogP contribution in [0.25, 0.3) is 22.2 Å². The van der Waals surface area contributed by atoms with Gasteiger partial charge < -0.3 is 10.0 Å². The molecular formula is C27H26N4O2. The van der Waals surface area contributed by atoms with E-state index >= 15 is 0 Å². The summed E-state index contributed by atoms with van der Waals surface area (Å²) in [6.45, 7) is 5.84. The van der Waals surface area contributed by atoms with Crippen LogP contribution >= 0.6 is 0 Å². The molecule has 4 aromatic rings. The van der Waals surface area contributed by atoms with Gasteiger partial charge in [-0.3, -0.25) is 4.79 Å². The molecule has 33 heavy (non-hydrogen) atoms. The summed E-state index contributed by atoms with van der Waals surface area (Å²) in [6.07, 6.45) is 1.45. The predicted octanol–water partition coefficient (Wildman–Crippen LogP) is 5.22. The first-order valence-electron chi connectivity index (χ1n) is 11.0. The number of rotatable bonds is 7. The van der Waals surface area contributed by atoms with Crippen molar-refractivity contribution in [1.29, 1.82) is 0 Å². The third kappa shape index (κ3) is 4.85. The summed E-state index contributed by atoms with van der Waals surface area (Å²) >= 11 is 0. The normalized spacial score (nSPS) is 11.1. The van der Waals surface area contributed by atoms with Gasteiger partial charge in [0.25, 0.3) is 5.91 Å². The molecule has 0 spiro atoms. The van der Waals surface area contributed by atoms with Gasteiger partial charge in [-0.25, -0.2) is 10.4 Å². The van der Waals surface area contributed by atoms with Crippen molar-refractivity contribution in [2.24, 2.45) is 5.10 Å². The van der Waals surface area contributed by atoms with E-state index in [1.54, 1.807) is 18.2 Å². The fraction of sp³-hybridized carbons (Fsp3) is 0.148. The van der Waals surface area contributed by atoms with Crippen LogP contribution in [-0.4, -0.2) is 35.3 Å². The van der Waals surface area contributed by atoms with Crippen LogP contribution in [-0.2, 0) is 0 Å². The fourth-order valence-electron chi connectivity index (χ4n) is 3.77. The molecule has 4 rings (SSSR count). The standard InChI is InChI=1S/C27H26N4O2/c1-3-31(4-2)21-15-14-20(26(32)16-21)18-28-30-27(33)23-17-25(19-10-6-5-7-11-19)29-24-13-9-8-12-22(23)24/h5-18,32H,3-4H2,1-2H3,(H,30,33)/b28-18-. The first-order chi connectivity index (χ1) is 16.1. The summed E-state index contributed by atoms with van der Waals surface area (Å²) in [5.41, 5.74) is 6.91. The van der Waals surface area contributed by atoms with E-state index in [4.69, 9.17) is 4.98 Å². The van der Waals surface area contributed by atoms with Gasteiger partial charge in [0, 0.05) is 41.4 Å². The Bertz CT molecular complexity index is 1300. The maximum absolute atomic E-state index is 13.0. The molecule has 0 saturated heterocycles. The molecule has 0 aliphatic rings. The predicted molar refractivity (Wildman–Crippen MR) is 134 cm³/mol. The van der Waals surface area contributed by atoms with Gasteiger partial charge in [-0.15, -0.1) is 0 Å². The monoisotopic (exact) mass is 438 g/mol. The van der Waals surface area contributed by atoms with Crippen molar-refractivity contribution in [1.82, 2.24) is 10.4 Å². The number of hydrazone groups is 1. The highest BCUT2D eigenvalue weighted by Crippen LogP contribution is 2.25. The molecule has 1 heterocycles. The van der Waals surface area contributed by atoms with Crippen LogP contribution in [0.2, 0.25) is 0 Å². The van der Waals surface area contributed by atoms with Crippen LogP contribution in [0.1, 0.15) is 29.8 Å². The Morgan fingerprint density at radius 1 is 1.00 bits per heavy atom. The molecule has 0 unspecified atom stereocenters. The van der Waals surface area contributed by atoms with Gasteiger partial charge in [0.05, 0.1) is 23.0 Å². The molecule has 0 atom stereocenters. The molecule has 0 bridgehead atoms. The van der Waals surface area contributed by atoms with Crippen molar-refractivity contribution in [2.75, 3.05) is 18.0 Å². The maximum atomic E-state index is 13.0. The molecule has 0 fully saturated rings. The number of pyridine rings is 1. The molecule has 1 aromatic heterocycles. The lowest BCUT2D eigenvalue weighted by Gasteiger charge is -2.21. The molecule has 6 nitrogen and oxygen atoms in total. The summed E-state index contributed by atoms with van der Waals surface area (Å²) < 4.78 is 0. The molecule has 166 valence electrons. The van der Waals surface area contributed by atoms with Crippen LogP contribution in [0.4, 0.5) is 5.69 Å². The van der Waals surface area contributed by atoms with Crippen molar-refractivity contribution < 1.29 is 9.90 Å². The summed E-state index contributed by atoms with van der Waals surface area (Å²) in [7, 11) is 0. The summed E-state index contributed by atoms with van der Waals surface area (Å²) in [4.78, 5) is 19.9. The van der Waals surface area contributed by atoms with Gasteiger partial charge in [-0.05, 0) is 38.1 Å². The van der Waals surface area contributed by atoms with Gasteiger partial charge >= 0.3 is 0 Å². The largest absolute Gasteiger partial charge is 0.507 e. The number of aromatic nitrogens is 1. The first kappa shape index (κ1) is 22.0. The Balaban J connectivity index is 1.59. The number of hydrogen-bond acceptors (Lipinski definition) is 5. The minimum Gasteiger partial charge on any atom is -0.507 e. The second-order valence-corrected chi connectivity index (χ2v) is 7.55. The number of para-hydroxylation sites is 1. The number of carbonyl (C=O) groups excluding carboxylic acids is 1. The number of aromatic hydroxyl groups is 1. The first-order valence-corrected chi connectivity index (χ1v) is 11.0. The summed E-state index contributed by atoms with van der Waals surface area (Å²) in [5, 5.41) is 15.2. The Labute approximate surface area is 193 Å². The third-order valence-electron chi connectivity index (χ3n) is 5.54. The van der Waals surface area contributed by atoms with E-state index < -0.39 is 0 Å². The van der Waals surface area contributed by atoms with Crippen molar-refractivity contribution in [2.45, 2.75) is 13.8 Å². The Hall–Kier alpha value is -4.19. The number of anilines is 1. The lowest BCUT2D eigenvalue weighted by molar-refractivity contribution is 0.0956. The van der Waals surface area contributed by atoms with E-state index in [9.17, 15) is 9.90 Å². The van der Waals surface area contributed by atoms with Gasteiger partial charge in [0.2, 0.25) is 0 Å². The number of amides is 1. The van der Waals surface area contributed by atoms with Crippen LogP contribution < -0.4 is 10.3 Å². The number of phenolic OH excluding ortho intramolecular Hbond substituents is 1. The molecule has 0 saturated carbocycles. The van der Waals surface area contributed by atoms with Crippen LogP contribution in [0.15, 0.2) is 84.0 Å². The quantitative estimate of drug-likeness (QED) is 0.306. The second kappa shape index (κ2) is 9.96. The maximum Gasteiger partial charge on any atom is 0.272 e. The third-order valence-corrected chi connectivity index (χ3v) is 5.54. The lowest BCUT2D eigenvalue weighted by atomic mass is 10.0. The average molecular weight is 439 g/mol.